The second kappa shape index (κ2) is 5.86. The van der Waals surface area contributed by atoms with Crippen molar-refractivity contribution in [3.8, 4) is 0 Å². The molecule has 1 saturated carbocycles. The van der Waals surface area contributed by atoms with Gasteiger partial charge in [0.1, 0.15) is 5.82 Å². The molecule has 2 unspecified atom stereocenters. The van der Waals surface area contributed by atoms with Crippen molar-refractivity contribution in [3.63, 3.8) is 0 Å². The molecule has 2 fully saturated rings. The van der Waals surface area contributed by atoms with E-state index in [1.54, 1.807) is 6.07 Å². The summed E-state index contributed by atoms with van der Waals surface area (Å²) in [4.78, 5) is 2.48. The highest BCUT2D eigenvalue weighted by atomic mass is 35.5. The molecule has 0 spiro atoms. The first-order chi connectivity index (χ1) is 10.0. The summed E-state index contributed by atoms with van der Waals surface area (Å²) < 4.78 is 14.1. The molecule has 1 saturated heterocycles. The first kappa shape index (κ1) is 15.3. The van der Waals surface area contributed by atoms with Crippen molar-refractivity contribution in [2.45, 2.75) is 51.2 Å². The van der Waals surface area contributed by atoms with E-state index in [-0.39, 0.29) is 11.4 Å². The SMILES string of the molecule is CCC1(C)CN(Cc2ccc(Cl)cc2F)C(C2CC2)CN1. The van der Waals surface area contributed by atoms with Crippen molar-refractivity contribution in [3.05, 3.63) is 34.6 Å². The number of piperazine rings is 1. The van der Waals surface area contributed by atoms with E-state index >= 15 is 0 Å². The van der Waals surface area contributed by atoms with Gasteiger partial charge in [0.05, 0.1) is 0 Å². The summed E-state index contributed by atoms with van der Waals surface area (Å²) in [5.41, 5.74) is 0.888. The maximum absolute atomic E-state index is 14.1. The molecule has 1 aromatic carbocycles. The van der Waals surface area contributed by atoms with E-state index in [2.05, 4.69) is 24.1 Å². The van der Waals surface area contributed by atoms with Crippen LogP contribution in [-0.4, -0.2) is 29.6 Å². The average molecular weight is 311 g/mol. The minimum atomic E-state index is -0.186. The number of nitrogens with zero attached hydrogens (tertiary/aromatic N) is 1. The van der Waals surface area contributed by atoms with Crippen LogP contribution in [0.3, 0.4) is 0 Å². The third-order valence-electron chi connectivity index (χ3n) is 5.09. The predicted octanol–water partition coefficient (Wildman–Crippen LogP) is 3.83. The van der Waals surface area contributed by atoms with Crippen molar-refractivity contribution in [2.24, 2.45) is 5.92 Å². The lowest BCUT2D eigenvalue weighted by molar-refractivity contribution is 0.0653. The van der Waals surface area contributed by atoms with E-state index in [4.69, 9.17) is 11.6 Å². The van der Waals surface area contributed by atoms with Crippen molar-refractivity contribution < 1.29 is 4.39 Å². The first-order valence-corrected chi connectivity index (χ1v) is 8.31. The molecule has 1 aliphatic carbocycles. The van der Waals surface area contributed by atoms with Crippen LogP contribution in [0.5, 0.6) is 0 Å². The zero-order chi connectivity index (χ0) is 15.0. The molecule has 2 nitrogen and oxygen atoms in total. The van der Waals surface area contributed by atoms with Gasteiger partial charge in [-0.1, -0.05) is 24.6 Å². The second-order valence-corrected chi connectivity index (χ2v) is 7.28. The summed E-state index contributed by atoms with van der Waals surface area (Å²) in [6.07, 6.45) is 3.72. The minimum Gasteiger partial charge on any atom is -0.309 e. The molecule has 2 atom stereocenters. The van der Waals surface area contributed by atoms with Crippen LogP contribution in [0.4, 0.5) is 4.39 Å². The fourth-order valence-electron chi connectivity index (χ4n) is 3.33. The van der Waals surface area contributed by atoms with Crippen LogP contribution in [-0.2, 0) is 6.54 Å². The summed E-state index contributed by atoms with van der Waals surface area (Å²) in [5, 5.41) is 4.17. The summed E-state index contributed by atoms with van der Waals surface area (Å²) in [7, 11) is 0. The quantitative estimate of drug-likeness (QED) is 0.909. The Hall–Kier alpha value is -0.640. The van der Waals surface area contributed by atoms with E-state index in [1.807, 2.05) is 6.07 Å². The summed E-state index contributed by atoms with van der Waals surface area (Å²) in [5.74, 6) is 0.600. The molecular formula is C17H24ClFN2. The molecule has 21 heavy (non-hydrogen) atoms. The van der Waals surface area contributed by atoms with Gasteiger partial charge in [-0.2, -0.15) is 0 Å². The van der Waals surface area contributed by atoms with Crippen LogP contribution in [0.1, 0.15) is 38.7 Å². The maximum Gasteiger partial charge on any atom is 0.129 e. The lowest BCUT2D eigenvalue weighted by Crippen LogP contribution is -2.62. The number of hydrogen-bond acceptors (Lipinski definition) is 2. The average Bonchev–Trinajstić information content (AvgIpc) is 3.27. The van der Waals surface area contributed by atoms with Crippen LogP contribution in [0.2, 0.25) is 5.02 Å². The molecule has 0 bridgehead atoms. The molecule has 4 heteroatoms. The molecule has 1 aromatic rings. The van der Waals surface area contributed by atoms with Crippen LogP contribution >= 0.6 is 11.6 Å². The van der Waals surface area contributed by atoms with Crippen molar-refractivity contribution in [1.82, 2.24) is 10.2 Å². The molecule has 0 amide bonds. The molecule has 2 aliphatic rings. The third-order valence-corrected chi connectivity index (χ3v) is 5.33. The molecule has 116 valence electrons. The zero-order valence-electron chi connectivity index (χ0n) is 12.8. The third kappa shape index (κ3) is 3.41. The highest BCUT2D eigenvalue weighted by Crippen LogP contribution is 2.38. The summed E-state index contributed by atoms with van der Waals surface area (Å²) in [6, 6.07) is 5.57. The Labute approximate surface area is 131 Å². The van der Waals surface area contributed by atoms with Gasteiger partial charge in [0.15, 0.2) is 0 Å². The predicted molar refractivity (Wildman–Crippen MR) is 85.0 cm³/mol. The van der Waals surface area contributed by atoms with E-state index in [9.17, 15) is 4.39 Å². The Balaban J connectivity index is 1.78. The standard InChI is InChI=1S/C17H24ClFN2/c1-3-17(2)11-21(16(9-20-17)12-4-5-12)10-13-6-7-14(18)8-15(13)19/h6-8,12,16,20H,3-5,9-11H2,1-2H3. The smallest absolute Gasteiger partial charge is 0.129 e. The zero-order valence-corrected chi connectivity index (χ0v) is 13.6. The Morgan fingerprint density at radius 1 is 1.43 bits per heavy atom. The molecule has 1 heterocycles. The van der Waals surface area contributed by atoms with Gasteiger partial charge in [-0.15, -0.1) is 0 Å². The summed E-state index contributed by atoms with van der Waals surface area (Å²) in [6.45, 7) is 7.16. The van der Waals surface area contributed by atoms with E-state index in [0.29, 0.717) is 17.6 Å². The molecule has 0 radical (unpaired) electrons. The molecule has 1 aliphatic heterocycles. The van der Waals surface area contributed by atoms with Gasteiger partial charge >= 0.3 is 0 Å². The number of benzene rings is 1. The minimum absolute atomic E-state index is 0.133. The van der Waals surface area contributed by atoms with Gasteiger partial charge in [0.25, 0.3) is 0 Å². The monoisotopic (exact) mass is 310 g/mol. The molecule has 3 rings (SSSR count). The van der Waals surface area contributed by atoms with Crippen molar-refractivity contribution >= 4 is 11.6 Å². The van der Waals surface area contributed by atoms with Crippen LogP contribution in [0, 0.1) is 11.7 Å². The van der Waals surface area contributed by atoms with Crippen molar-refractivity contribution in [2.75, 3.05) is 13.1 Å². The van der Waals surface area contributed by atoms with Crippen LogP contribution < -0.4 is 5.32 Å². The Kier molecular flexibility index (Phi) is 4.26. The van der Waals surface area contributed by atoms with E-state index < -0.39 is 0 Å². The highest BCUT2D eigenvalue weighted by Gasteiger charge is 2.41. The Morgan fingerprint density at radius 3 is 2.81 bits per heavy atom. The molecule has 0 aromatic heterocycles. The number of rotatable bonds is 4. The van der Waals surface area contributed by atoms with Gasteiger partial charge in [0, 0.05) is 41.8 Å². The van der Waals surface area contributed by atoms with Gasteiger partial charge in [0.2, 0.25) is 0 Å². The topological polar surface area (TPSA) is 15.3 Å². The first-order valence-electron chi connectivity index (χ1n) is 7.94. The van der Waals surface area contributed by atoms with E-state index in [0.717, 1.165) is 31.0 Å². The molecule has 1 N–H and O–H groups in total. The molecular weight excluding hydrogens is 287 g/mol. The Morgan fingerprint density at radius 2 is 2.19 bits per heavy atom. The number of halogens is 2. The van der Waals surface area contributed by atoms with Crippen LogP contribution in [0.25, 0.3) is 0 Å². The Bertz CT molecular complexity index is 518. The summed E-state index contributed by atoms with van der Waals surface area (Å²) >= 11 is 5.85. The second-order valence-electron chi connectivity index (χ2n) is 6.84. The largest absolute Gasteiger partial charge is 0.309 e. The van der Waals surface area contributed by atoms with Gasteiger partial charge < -0.3 is 5.32 Å². The van der Waals surface area contributed by atoms with Gasteiger partial charge in [-0.25, -0.2) is 4.39 Å². The van der Waals surface area contributed by atoms with E-state index in [1.165, 1.54) is 18.9 Å². The lowest BCUT2D eigenvalue weighted by Gasteiger charge is -2.46. The highest BCUT2D eigenvalue weighted by molar-refractivity contribution is 6.30. The number of nitrogens with one attached hydrogen (secondary N) is 1. The normalized spacial score (nSPS) is 30.6. The van der Waals surface area contributed by atoms with Gasteiger partial charge in [-0.05, 0) is 44.2 Å². The fraction of sp³-hybridized carbons (Fsp3) is 0.647. The lowest BCUT2D eigenvalue weighted by atomic mass is 9.91. The number of hydrogen-bond donors (Lipinski definition) is 1. The van der Waals surface area contributed by atoms with Crippen molar-refractivity contribution in [1.29, 1.82) is 0 Å². The maximum atomic E-state index is 14.1. The van der Waals surface area contributed by atoms with Gasteiger partial charge in [-0.3, -0.25) is 4.90 Å². The van der Waals surface area contributed by atoms with Crippen LogP contribution in [0.15, 0.2) is 18.2 Å². The fourth-order valence-corrected chi connectivity index (χ4v) is 3.48.